The molecule has 1 N–H and O–H groups in total. The van der Waals surface area contributed by atoms with E-state index in [4.69, 9.17) is 4.42 Å². The standard InChI is InChI=1S/C8H5N3O/c1-2-7-8(12-4-9-7)5-3-10-11-6(1)5/h1-4H,(H,10,11). The van der Waals surface area contributed by atoms with Crippen molar-refractivity contribution in [1.82, 2.24) is 15.2 Å². The molecule has 0 fully saturated rings. The summed E-state index contributed by atoms with van der Waals surface area (Å²) in [4.78, 5) is 4.04. The van der Waals surface area contributed by atoms with Gasteiger partial charge >= 0.3 is 0 Å². The molecule has 0 aliphatic heterocycles. The average Bonchev–Trinajstić information content (AvgIpc) is 2.71. The molecule has 4 nitrogen and oxygen atoms in total. The fraction of sp³-hybridized carbons (Fsp3) is 0. The number of nitrogens with zero attached hydrogens (tertiary/aromatic N) is 2. The summed E-state index contributed by atoms with van der Waals surface area (Å²) >= 11 is 0. The molecule has 2 heterocycles. The first-order valence-corrected chi connectivity index (χ1v) is 3.60. The summed E-state index contributed by atoms with van der Waals surface area (Å²) in [7, 11) is 0. The molecule has 0 bridgehead atoms. The minimum absolute atomic E-state index is 0.793. The Hall–Kier alpha value is -1.84. The van der Waals surface area contributed by atoms with E-state index in [0.717, 1.165) is 22.0 Å². The fourth-order valence-corrected chi connectivity index (χ4v) is 1.34. The molecule has 3 rings (SSSR count). The van der Waals surface area contributed by atoms with Gasteiger partial charge in [-0.15, -0.1) is 0 Å². The summed E-state index contributed by atoms with van der Waals surface area (Å²) in [5.74, 6) is 0. The molecule has 0 radical (unpaired) electrons. The number of aromatic nitrogens is 3. The lowest BCUT2D eigenvalue weighted by Gasteiger charge is -1.86. The Bertz CT molecular complexity index is 487. The van der Waals surface area contributed by atoms with Crippen LogP contribution < -0.4 is 0 Å². The van der Waals surface area contributed by atoms with Crippen LogP contribution in [0.1, 0.15) is 0 Å². The number of benzene rings is 1. The molecule has 2 aromatic heterocycles. The molecule has 0 saturated carbocycles. The molecule has 58 valence electrons. The second-order valence-electron chi connectivity index (χ2n) is 2.60. The van der Waals surface area contributed by atoms with Gasteiger partial charge in [0.15, 0.2) is 12.0 Å². The second-order valence-corrected chi connectivity index (χ2v) is 2.60. The van der Waals surface area contributed by atoms with Gasteiger partial charge in [0.1, 0.15) is 5.52 Å². The first-order chi connectivity index (χ1) is 5.95. The van der Waals surface area contributed by atoms with Crippen LogP contribution in [0.2, 0.25) is 0 Å². The number of fused-ring (bicyclic) bond motifs is 3. The molecule has 0 atom stereocenters. The molecule has 12 heavy (non-hydrogen) atoms. The Morgan fingerprint density at radius 1 is 1.33 bits per heavy atom. The van der Waals surface area contributed by atoms with E-state index in [1.165, 1.54) is 6.39 Å². The van der Waals surface area contributed by atoms with Crippen LogP contribution in [0.15, 0.2) is 29.1 Å². The number of hydrogen-bond acceptors (Lipinski definition) is 3. The first-order valence-electron chi connectivity index (χ1n) is 3.60. The molecular weight excluding hydrogens is 154 g/mol. The zero-order valence-corrected chi connectivity index (χ0v) is 6.11. The van der Waals surface area contributed by atoms with Crippen LogP contribution >= 0.6 is 0 Å². The van der Waals surface area contributed by atoms with Crippen molar-refractivity contribution in [3.63, 3.8) is 0 Å². The van der Waals surface area contributed by atoms with Crippen molar-refractivity contribution >= 4 is 22.0 Å². The van der Waals surface area contributed by atoms with Gasteiger partial charge in [-0.2, -0.15) is 5.10 Å². The first kappa shape index (κ1) is 5.77. The number of H-pyrrole nitrogens is 1. The number of rotatable bonds is 0. The van der Waals surface area contributed by atoms with Gasteiger partial charge < -0.3 is 4.42 Å². The van der Waals surface area contributed by atoms with Crippen LogP contribution in [-0.4, -0.2) is 15.2 Å². The zero-order chi connectivity index (χ0) is 7.97. The molecule has 0 amide bonds. The molecule has 4 heteroatoms. The second kappa shape index (κ2) is 1.85. The van der Waals surface area contributed by atoms with Gasteiger partial charge in [-0.25, -0.2) is 4.98 Å². The number of nitrogens with one attached hydrogen (secondary N) is 1. The van der Waals surface area contributed by atoms with Crippen molar-refractivity contribution in [2.24, 2.45) is 0 Å². The maximum Gasteiger partial charge on any atom is 0.182 e. The van der Waals surface area contributed by atoms with Crippen molar-refractivity contribution in [2.75, 3.05) is 0 Å². The Kier molecular flexibility index (Phi) is 0.889. The lowest BCUT2D eigenvalue weighted by molar-refractivity contribution is 0.605. The minimum Gasteiger partial charge on any atom is -0.443 e. The lowest BCUT2D eigenvalue weighted by Crippen LogP contribution is -1.69. The molecule has 0 aliphatic carbocycles. The predicted molar refractivity (Wildman–Crippen MR) is 43.7 cm³/mol. The van der Waals surface area contributed by atoms with Crippen LogP contribution in [0.5, 0.6) is 0 Å². The van der Waals surface area contributed by atoms with Gasteiger partial charge in [-0.05, 0) is 12.1 Å². The van der Waals surface area contributed by atoms with Crippen LogP contribution in [-0.2, 0) is 0 Å². The Labute approximate surface area is 67.2 Å². The molecular formula is C8H5N3O. The van der Waals surface area contributed by atoms with Crippen molar-refractivity contribution < 1.29 is 4.42 Å². The quantitative estimate of drug-likeness (QED) is 0.543. The summed E-state index contributed by atoms with van der Waals surface area (Å²) in [6.07, 6.45) is 3.18. The van der Waals surface area contributed by atoms with Gasteiger partial charge in [0.25, 0.3) is 0 Å². The third kappa shape index (κ3) is 0.567. The topological polar surface area (TPSA) is 54.7 Å². The predicted octanol–water partition coefficient (Wildman–Crippen LogP) is 1.70. The molecule has 0 unspecified atom stereocenters. The Morgan fingerprint density at radius 2 is 2.33 bits per heavy atom. The van der Waals surface area contributed by atoms with Crippen molar-refractivity contribution in [3.8, 4) is 0 Å². The van der Waals surface area contributed by atoms with Crippen molar-refractivity contribution in [1.29, 1.82) is 0 Å². The van der Waals surface area contributed by atoms with E-state index in [0.29, 0.717) is 0 Å². The molecule has 1 aromatic carbocycles. The highest BCUT2D eigenvalue weighted by Crippen LogP contribution is 2.21. The van der Waals surface area contributed by atoms with E-state index in [1.54, 1.807) is 6.20 Å². The van der Waals surface area contributed by atoms with Gasteiger partial charge in [0, 0.05) is 0 Å². The Balaban J connectivity index is 2.71. The third-order valence-electron chi connectivity index (χ3n) is 1.92. The van der Waals surface area contributed by atoms with Gasteiger partial charge in [-0.3, -0.25) is 5.10 Å². The number of oxazole rings is 1. The smallest absolute Gasteiger partial charge is 0.182 e. The average molecular weight is 159 g/mol. The molecule has 0 aliphatic rings. The largest absolute Gasteiger partial charge is 0.443 e. The summed E-state index contributed by atoms with van der Waals surface area (Å²) in [5.41, 5.74) is 2.63. The molecule has 3 aromatic rings. The number of aromatic amines is 1. The summed E-state index contributed by atoms with van der Waals surface area (Å²) in [5, 5.41) is 7.76. The summed E-state index contributed by atoms with van der Waals surface area (Å²) in [6, 6.07) is 3.84. The van der Waals surface area contributed by atoms with Crippen LogP contribution in [0, 0.1) is 0 Å². The fourth-order valence-electron chi connectivity index (χ4n) is 1.34. The van der Waals surface area contributed by atoms with Crippen molar-refractivity contribution in [2.45, 2.75) is 0 Å². The normalized spacial score (nSPS) is 11.3. The Morgan fingerprint density at radius 3 is 3.33 bits per heavy atom. The maximum absolute atomic E-state index is 5.22. The monoisotopic (exact) mass is 159 g/mol. The van der Waals surface area contributed by atoms with E-state index in [2.05, 4.69) is 15.2 Å². The zero-order valence-electron chi connectivity index (χ0n) is 6.11. The van der Waals surface area contributed by atoms with Gasteiger partial charge in [-0.1, -0.05) is 0 Å². The van der Waals surface area contributed by atoms with Gasteiger partial charge in [0.2, 0.25) is 0 Å². The van der Waals surface area contributed by atoms with E-state index in [1.807, 2.05) is 12.1 Å². The van der Waals surface area contributed by atoms with Crippen LogP contribution in [0.4, 0.5) is 0 Å². The van der Waals surface area contributed by atoms with Crippen LogP contribution in [0.25, 0.3) is 22.0 Å². The van der Waals surface area contributed by atoms with E-state index >= 15 is 0 Å². The maximum atomic E-state index is 5.22. The van der Waals surface area contributed by atoms with Crippen molar-refractivity contribution in [3.05, 3.63) is 24.7 Å². The summed E-state index contributed by atoms with van der Waals surface area (Å²) < 4.78 is 5.22. The highest BCUT2D eigenvalue weighted by Gasteiger charge is 2.04. The third-order valence-corrected chi connectivity index (χ3v) is 1.92. The van der Waals surface area contributed by atoms with E-state index in [9.17, 15) is 0 Å². The van der Waals surface area contributed by atoms with E-state index in [-0.39, 0.29) is 0 Å². The van der Waals surface area contributed by atoms with Crippen LogP contribution in [0.3, 0.4) is 0 Å². The highest BCUT2D eigenvalue weighted by atomic mass is 16.3. The number of hydrogen-bond donors (Lipinski definition) is 1. The molecule has 0 spiro atoms. The summed E-state index contributed by atoms with van der Waals surface area (Å²) in [6.45, 7) is 0. The van der Waals surface area contributed by atoms with E-state index < -0.39 is 0 Å². The lowest BCUT2D eigenvalue weighted by atomic mass is 10.2. The van der Waals surface area contributed by atoms with Gasteiger partial charge in [0.05, 0.1) is 17.1 Å². The SMILES string of the molecule is c1nc2ccc3[nH]ncc3c2o1. The minimum atomic E-state index is 0.793. The molecule has 0 saturated heterocycles. The highest BCUT2D eigenvalue weighted by molar-refractivity contribution is 6.00.